The third kappa shape index (κ3) is 4.53. The van der Waals surface area contributed by atoms with Crippen molar-refractivity contribution in [3.05, 3.63) is 94.5 Å². The number of nitrogens with two attached hydrogens (primary N) is 1. The molecule has 7 nitrogen and oxygen atoms in total. The summed E-state index contributed by atoms with van der Waals surface area (Å²) >= 11 is 5.97. The standard InChI is InChI=1S/C28H25ClN6O/c1-28(2,3)18-10-8-17(9-11-18)16-31-35-25(30)23(27(36)32-20-14-12-19(29)13-15-20)24-26(35)34-22-7-5-4-6-21(22)33-24/h4-16H,30H2,1-3H3,(H,32,36). The summed E-state index contributed by atoms with van der Waals surface area (Å²) in [5.74, 6) is -0.262. The van der Waals surface area contributed by atoms with E-state index in [0.29, 0.717) is 32.9 Å². The minimum Gasteiger partial charge on any atom is -0.383 e. The molecule has 1 amide bonds. The number of carbonyl (C=O) groups is 1. The lowest BCUT2D eigenvalue weighted by atomic mass is 9.87. The fraction of sp³-hybridized carbons (Fsp3) is 0.143. The molecule has 0 radical (unpaired) electrons. The first-order chi connectivity index (χ1) is 17.2. The van der Waals surface area contributed by atoms with Crippen LogP contribution in [0.1, 0.15) is 42.3 Å². The summed E-state index contributed by atoms with van der Waals surface area (Å²) in [6.45, 7) is 6.51. The zero-order chi connectivity index (χ0) is 25.4. The van der Waals surface area contributed by atoms with E-state index in [0.717, 1.165) is 5.56 Å². The largest absolute Gasteiger partial charge is 0.383 e. The third-order valence-electron chi connectivity index (χ3n) is 5.90. The number of benzene rings is 3. The molecule has 0 saturated heterocycles. The van der Waals surface area contributed by atoms with Crippen molar-refractivity contribution < 1.29 is 4.79 Å². The lowest BCUT2D eigenvalue weighted by molar-refractivity contribution is 0.102. The Morgan fingerprint density at radius 3 is 2.25 bits per heavy atom. The van der Waals surface area contributed by atoms with E-state index in [-0.39, 0.29) is 16.8 Å². The van der Waals surface area contributed by atoms with Gasteiger partial charge in [0.05, 0.1) is 17.2 Å². The number of amides is 1. The molecule has 0 bridgehead atoms. The van der Waals surface area contributed by atoms with Crippen molar-refractivity contribution in [2.24, 2.45) is 5.10 Å². The first-order valence-electron chi connectivity index (χ1n) is 11.5. The summed E-state index contributed by atoms with van der Waals surface area (Å²) < 4.78 is 1.46. The van der Waals surface area contributed by atoms with Crippen LogP contribution in [0.5, 0.6) is 0 Å². The Morgan fingerprint density at radius 2 is 1.61 bits per heavy atom. The fourth-order valence-electron chi connectivity index (χ4n) is 3.91. The van der Waals surface area contributed by atoms with Gasteiger partial charge in [0.15, 0.2) is 5.65 Å². The predicted octanol–water partition coefficient (Wildman–Crippen LogP) is 6.25. The Labute approximate surface area is 213 Å². The maximum Gasteiger partial charge on any atom is 0.261 e. The van der Waals surface area contributed by atoms with Gasteiger partial charge in [-0.3, -0.25) is 4.79 Å². The van der Waals surface area contributed by atoms with Crippen molar-refractivity contribution in [3.63, 3.8) is 0 Å². The lowest BCUT2D eigenvalue weighted by Gasteiger charge is -2.18. The highest BCUT2D eigenvalue weighted by Gasteiger charge is 2.24. The zero-order valence-corrected chi connectivity index (χ0v) is 20.9. The number of halogens is 1. The first kappa shape index (κ1) is 23.5. The average Bonchev–Trinajstić information content (AvgIpc) is 3.12. The molecule has 180 valence electrons. The number of nitrogens with zero attached hydrogens (tertiary/aromatic N) is 4. The van der Waals surface area contributed by atoms with Crippen LogP contribution in [0, 0.1) is 0 Å². The molecule has 0 saturated carbocycles. The first-order valence-corrected chi connectivity index (χ1v) is 11.9. The van der Waals surface area contributed by atoms with Gasteiger partial charge in [-0.1, -0.05) is 68.8 Å². The second-order valence-electron chi connectivity index (χ2n) is 9.53. The maximum absolute atomic E-state index is 13.3. The van der Waals surface area contributed by atoms with Crippen LogP contribution in [-0.4, -0.2) is 26.8 Å². The van der Waals surface area contributed by atoms with Crippen molar-refractivity contribution in [3.8, 4) is 0 Å². The molecule has 5 aromatic rings. The van der Waals surface area contributed by atoms with Crippen molar-refractivity contribution >= 4 is 57.4 Å². The van der Waals surface area contributed by atoms with Crippen molar-refractivity contribution in [2.75, 3.05) is 11.1 Å². The van der Waals surface area contributed by atoms with E-state index in [1.54, 1.807) is 30.5 Å². The summed E-state index contributed by atoms with van der Waals surface area (Å²) in [5.41, 5.74) is 11.6. The molecule has 2 aromatic heterocycles. The van der Waals surface area contributed by atoms with Crippen LogP contribution in [0.15, 0.2) is 77.9 Å². The maximum atomic E-state index is 13.3. The predicted molar refractivity (Wildman–Crippen MR) is 147 cm³/mol. The molecule has 3 aromatic carbocycles. The fourth-order valence-corrected chi connectivity index (χ4v) is 4.03. The van der Waals surface area contributed by atoms with Gasteiger partial charge in [0.2, 0.25) is 0 Å². The van der Waals surface area contributed by atoms with Crippen LogP contribution in [-0.2, 0) is 5.41 Å². The molecule has 3 N–H and O–H groups in total. The van der Waals surface area contributed by atoms with Crippen LogP contribution in [0.4, 0.5) is 11.5 Å². The van der Waals surface area contributed by atoms with Gasteiger partial charge in [-0.05, 0) is 52.9 Å². The van der Waals surface area contributed by atoms with E-state index < -0.39 is 5.91 Å². The van der Waals surface area contributed by atoms with Gasteiger partial charge in [-0.25, -0.2) is 9.97 Å². The molecule has 0 aliphatic carbocycles. The van der Waals surface area contributed by atoms with E-state index >= 15 is 0 Å². The summed E-state index contributed by atoms with van der Waals surface area (Å²) in [6.07, 6.45) is 1.69. The van der Waals surface area contributed by atoms with E-state index in [4.69, 9.17) is 27.3 Å². The second kappa shape index (κ2) is 9.09. The number of hydrogen-bond donors (Lipinski definition) is 2. The van der Waals surface area contributed by atoms with Crippen molar-refractivity contribution in [1.82, 2.24) is 14.6 Å². The SMILES string of the molecule is CC(C)(C)c1ccc(C=Nn2c(N)c(C(=O)Nc3ccc(Cl)cc3)c3nc4ccccc4nc32)cc1. The number of aromatic nitrogens is 3. The minimum absolute atomic E-state index is 0.0553. The van der Waals surface area contributed by atoms with Gasteiger partial charge in [0.25, 0.3) is 5.91 Å². The van der Waals surface area contributed by atoms with Gasteiger partial charge in [0.1, 0.15) is 16.9 Å². The van der Waals surface area contributed by atoms with E-state index in [1.807, 2.05) is 36.4 Å². The highest BCUT2D eigenvalue weighted by Crippen LogP contribution is 2.29. The van der Waals surface area contributed by atoms with Crippen molar-refractivity contribution in [1.29, 1.82) is 0 Å². The van der Waals surface area contributed by atoms with Crippen LogP contribution >= 0.6 is 11.6 Å². The molecule has 0 spiro atoms. The Hall–Kier alpha value is -4.23. The molecule has 5 rings (SSSR count). The zero-order valence-electron chi connectivity index (χ0n) is 20.2. The summed E-state index contributed by atoms with van der Waals surface area (Å²) in [7, 11) is 0. The molecule has 8 heteroatoms. The number of hydrogen-bond acceptors (Lipinski definition) is 5. The monoisotopic (exact) mass is 496 g/mol. The number of rotatable bonds is 4. The second-order valence-corrected chi connectivity index (χ2v) is 9.97. The summed E-state index contributed by atoms with van der Waals surface area (Å²) in [6, 6.07) is 22.5. The van der Waals surface area contributed by atoms with E-state index in [1.165, 1.54) is 10.2 Å². The number of fused-ring (bicyclic) bond motifs is 2. The molecular formula is C28H25ClN6O. The molecule has 2 heterocycles. The summed E-state index contributed by atoms with van der Waals surface area (Å²) in [4.78, 5) is 22.8. The van der Waals surface area contributed by atoms with Gasteiger partial charge >= 0.3 is 0 Å². The summed E-state index contributed by atoms with van der Waals surface area (Å²) in [5, 5.41) is 8.03. The Bertz CT molecular complexity index is 1610. The van der Waals surface area contributed by atoms with Gasteiger partial charge < -0.3 is 11.1 Å². The average molecular weight is 497 g/mol. The van der Waals surface area contributed by atoms with Gasteiger partial charge in [-0.15, -0.1) is 0 Å². The Morgan fingerprint density at radius 1 is 0.972 bits per heavy atom. The Kier molecular flexibility index (Phi) is 5.94. The molecule has 0 aliphatic heterocycles. The van der Waals surface area contributed by atoms with Crippen LogP contribution < -0.4 is 11.1 Å². The number of anilines is 2. The highest BCUT2D eigenvalue weighted by atomic mass is 35.5. The van der Waals surface area contributed by atoms with Gasteiger partial charge in [0, 0.05) is 10.7 Å². The van der Waals surface area contributed by atoms with Crippen LogP contribution in [0.25, 0.3) is 22.2 Å². The Balaban J connectivity index is 1.60. The smallest absolute Gasteiger partial charge is 0.261 e. The molecule has 0 atom stereocenters. The lowest BCUT2D eigenvalue weighted by Crippen LogP contribution is -2.14. The molecule has 36 heavy (non-hydrogen) atoms. The van der Waals surface area contributed by atoms with Crippen LogP contribution in [0.2, 0.25) is 5.02 Å². The highest BCUT2D eigenvalue weighted by molar-refractivity contribution is 6.30. The number of carbonyl (C=O) groups excluding carboxylic acids is 1. The molecular weight excluding hydrogens is 472 g/mol. The molecule has 0 aliphatic rings. The van der Waals surface area contributed by atoms with Crippen LogP contribution in [0.3, 0.4) is 0 Å². The van der Waals surface area contributed by atoms with Gasteiger partial charge in [-0.2, -0.15) is 9.78 Å². The number of nitrogens with one attached hydrogen (secondary N) is 1. The molecule has 0 unspecified atom stereocenters. The van der Waals surface area contributed by atoms with E-state index in [9.17, 15) is 4.79 Å². The number of para-hydroxylation sites is 2. The minimum atomic E-state index is -0.409. The quantitative estimate of drug-likeness (QED) is 0.287. The van der Waals surface area contributed by atoms with Crippen molar-refractivity contribution in [2.45, 2.75) is 26.2 Å². The topological polar surface area (TPSA) is 98.2 Å². The van der Waals surface area contributed by atoms with E-state index in [2.05, 4.69) is 43.3 Å². The molecule has 0 fully saturated rings. The number of nitrogen functional groups attached to an aromatic ring is 1. The third-order valence-corrected chi connectivity index (χ3v) is 6.15. The normalized spacial score (nSPS) is 12.0.